The second-order valence-electron chi connectivity index (χ2n) is 5.34. The lowest BCUT2D eigenvalue weighted by molar-refractivity contribution is -0.121. The standard InChI is InChI=1S/C17H18N4O2S2/c1-23-13-6-4-12(5-7-13)16-19-20-17(24)21(16)9-8-15(22)18-11-14-3-2-10-25-14/h2-7,10H,8-9,11H2,1H3,(H,18,22)(H,20,24). The van der Waals surface area contributed by atoms with Crippen LogP contribution in [-0.2, 0) is 17.9 Å². The number of nitrogens with zero attached hydrogens (tertiary/aromatic N) is 2. The Morgan fingerprint density at radius 2 is 2.16 bits per heavy atom. The topological polar surface area (TPSA) is 71.9 Å². The Bertz CT molecular complexity index is 882. The summed E-state index contributed by atoms with van der Waals surface area (Å²) in [7, 11) is 1.62. The molecule has 6 nitrogen and oxygen atoms in total. The van der Waals surface area contributed by atoms with Crippen LogP contribution < -0.4 is 10.1 Å². The molecule has 1 aromatic carbocycles. The van der Waals surface area contributed by atoms with Crippen molar-refractivity contribution in [3.8, 4) is 17.1 Å². The van der Waals surface area contributed by atoms with Gasteiger partial charge in [0, 0.05) is 23.4 Å². The van der Waals surface area contributed by atoms with Crippen LogP contribution in [0.2, 0.25) is 0 Å². The molecule has 0 aliphatic heterocycles. The van der Waals surface area contributed by atoms with Crippen molar-refractivity contribution in [2.24, 2.45) is 0 Å². The Balaban J connectivity index is 1.65. The first-order valence-electron chi connectivity index (χ1n) is 7.76. The van der Waals surface area contributed by atoms with Crippen LogP contribution in [0.1, 0.15) is 11.3 Å². The smallest absolute Gasteiger partial charge is 0.222 e. The molecule has 0 aliphatic carbocycles. The first-order valence-corrected chi connectivity index (χ1v) is 9.05. The van der Waals surface area contributed by atoms with Gasteiger partial charge >= 0.3 is 0 Å². The van der Waals surface area contributed by atoms with Crippen molar-refractivity contribution in [1.29, 1.82) is 0 Å². The fraction of sp³-hybridized carbons (Fsp3) is 0.235. The van der Waals surface area contributed by atoms with E-state index in [9.17, 15) is 4.79 Å². The molecule has 0 saturated heterocycles. The third kappa shape index (κ3) is 4.34. The highest BCUT2D eigenvalue weighted by molar-refractivity contribution is 7.71. The number of aromatic nitrogens is 3. The molecule has 0 saturated carbocycles. The number of rotatable bonds is 7. The minimum Gasteiger partial charge on any atom is -0.497 e. The SMILES string of the molecule is COc1ccc(-c2n[nH]c(=S)n2CCC(=O)NCc2cccs2)cc1. The molecular weight excluding hydrogens is 356 g/mol. The average molecular weight is 374 g/mol. The van der Waals surface area contributed by atoms with E-state index in [1.165, 1.54) is 0 Å². The van der Waals surface area contributed by atoms with E-state index >= 15 is 0 Å². The van der Waals surface area contributed by atoms with Gasteiger partial charge in [0.1, 0.15) is 5.75 Å². The van der Waals surface area contributed by atoms with E-state index in [-0.39, 0.29) is 5.91 Å². The number of benzene rings is 1. The van der Waals surface area contributed by atoms with Gasteiger partial charge in [-0.3, -0.25) is 14.5 Å². The second-order valence-corrected chi connectivity index (χ2v) is 6.76. The molecule has 0 unspecified atom stereocenters. The van der Waals surface area contributed by atoms with Crippen LogP contribution in [0.4, 0.5) is 0 Å². The van der Waals surface area contributed by atoms with Crippen LogP contribution in [0, 0.1) is 4.77 Å². The highest BCUT2D eigenvalue weighted by atomic mass is 32.1. The minimum absolute atomic E-state index is 0.0165. The van der Waals surface area contributed by atoms with Gasteiger partial charge in [0.05, 0.1) is 13.7 Å². The average Bonchev–Trinajstić information content (AvgIpc) is 3.28. The minimum atomic E-state index is -0.0165. The molecule has 0 aliphatic rings. The molecule has 3 rings (SSSR count). The van der Waals surface area contributed by atoms with E-state index < -0.39 is 0 Å². The number of amides is 1. The molecule has 0 spiro atoms. The molecule has 0 fully saturated rings. The number of carbonyl (C=O) groups excluding carboxylic acids is 1. The maximum atomic E-state index is 12.1. The van der Waals surface area contributed by atoms with Crippen LogP contribution in [0.15, 0.2) is 41.8 Å². The number of ether oxygens (including phenoxy) is 1. The zero-order valence-corrected chi connectivity index (χ0v) is 15.3. The van der Waals surface area contributed by atoms with Crippen molar-refractivity contribution in [3.05, 3.63) is 51.4 Å². The number of thiophene rings is 1. The zero-order chi connectivity index (χ0) is 17.6. The summed E-state index contributed by atoms with van der Waals surface area (Å²) in [5.74, 6) is 1.47. The van der Waals surface area contributed by atoms with Crippen LogP contribution in [-0.4, -0.2) is 27.8 Å². The van der Waals surface area contributed by atoms with Gasteiger partial charge in [-0.05, 0) is 47.9 Å². The summed E-state index contributed by atoms with van der Waals surface area (Å²) in [6.45, 7) is 1.02. The molecule has 25 heavy (non-hydrogen) atoms. The van der Waals surface area contributed by atoms with Crippen molar-refractivity contribution < 1.29 is 9.53 Å². The van der Waals surface area contributed by atoms with Gasteiger partial charge in [-0.2, -0.15) is 5.10 Å². The second kappa shape index (κ2) is 8.09. The summed E-state index contributed by atoms with van der Waals surface area (Å²) < 4.78 is 7.50. The molecule has 8 heteroatoms. The van der Waals surface area contributed by atoms with Gasteiger partial charge < -0.3 is 10.1 Å². The molecule has 3 aromatic rings. The largest absolute Gasteiger partial charge is 0.497 e. The molecule has 0 bridgehead atoms. The van der Waals surface area contributed by atoms with Crippen LogP contribution in [0.25, 0.3) is 11.4 Å². The number of aromatic amines is 1. The molecular formula is C17H18N4O2S2. The maximum Gasteiger partial charge on any atom is 0.222 e. The highest BCUT2D eigenvalue weighted by Crippen LogP contribution is 2.21. The van der Waals surface area contributed by atoms with Crippen LogP contribution in [0.3, 0.4) is 0 Å². The van der Waals surface area contributed by atoms with Gasteiger partial charge in [0.15, 0.2) is 10.6 Å². The highest BCUT2D eigenvalue weighted by Gasteiger charge is 2.11. The molecule has 0 radical (unpaired) electrons. The van der Waals surface area contributed by atoms with Gasteiger partial charge in [-0.15, -0.1) is 11.3 Å². The Labute approximate surface area is 154 Å². The fourth-order valence-corrected chi connectivity index (χ4v) is 3.25. The number of H-pyrrole nitrogens is 1. The monoisotopic (exact) mass is 374 g/mol. The maximum absolute atomic E-state index is 12.1. The fourth-order valence-electron chi connectivity index (χ4n) is 2.39. The number of hydrogen-bond donors (Lipinski definition) is 2. The number of hydrogen-bond acceptors (Lipinski definition) is 5. The molecule has 0 atom stereocenters. The molecule has 2 N–H and O–H groups in total. The first kappa shape index (κ1) is 17.4. The number of carbonyl (C=O) groups is 1. The molecule has 1 amide bonds. The van der Waals surface area contributed by atoms with E-state index in [1.807, 2.05) is 46.3 Å². The lowest BCUT2D eigenvalue weighted by atomic mass is 10.2. The van der Waals surface area contributed by atoms with E-state index in [2.05, 4.69) is 15.5 Å². The number of nitrogens with one attached hydrogen (secondary N) is 2. The molecule has 130 valence electrons. The zero-order valence-electron chi connectivity index (χ0n) is 13.7. The van der Waals surface area contributed by atoms with Crippen molar-refractivity contribution in [2.45, 2.75) is 19.5 Å². The summed E-state index contributed by atoms with van der Waals surface area (Å²) in [6, 6.07) is 11.5. The Morgan fingerprint density at radius 3 is 2.84 bits per heavy atom. The lowest BCUT2D eigenvalue weighted by Crippen LogP contribution is -2.23. The lowest BCUT2D eigenvalue weighted by Gasteiger charge is -2.08. The Morgan fingerprint density at radius 1 is 1.36 bits per heavy atom. The summed E-state index contributed by atoms with van der Waals surface area (Å²) >= 11 is 6.92. The van der Waals surface area contributed by atoms with Gasteiger partial charge in [-0.25, -0.2) is 0 Å². The third-order valence-corrected chi connectivity index (χ3v) is 4.90. The van der Waals surface area contributed by atoms with Crippen LogP contribution in [0.5, 0.6) is 5.75 Å². The predicted octanol–water partition coefficient (Wildman–Crippen LogP) is 3.38. The van der Waals surface area contributed by atoms with Gasteiger partial charge in [0.2, 0.25) is 5.91 Å². The van der Waals surface area contributed by atoms with E-state index in [1.54, 1.807) is 18.4 Å². The van der Waals surface area contributed by atoms with Crippen molar-refractivity contribution in [1.82, 2.24) is 20.1 Å². The normalized spacial score (nSPS) is 10.6. The van der Waals surface area contributed by atoms with E-state index in [0.29, 0.717) is 30.1 Å². The van der Waals surface area contributed by atoms with E-state index in [4.69, 9.17) is 17.0 Å². The third-order valence-electron chi connectivity index (χ3n) is 3.71. The Kier molecular flexibility index (Phi) is 5.62. The number of methoxy groups -OCH3 is 1. The van der Waals surface area contributed by atoms with Crippen molar-refractivity contribution >= 4 is 29.5 Å². The van der Waals surface area contributed by atoms with Gasteiger partial charge in [-0.1, -0.05) is 6.07 Å². The summed E-state index contributed by atoms with van der Waals surface area (Å²) in [5.41, 5.74) is 0.909. The van der Waals surface area contributed by atoms with Crippen molar-refractivity contribution in [2.75, 3.05) is 7.11 Å². The molecule has 2 aromatic heterocycles. The van der Waals surface area contributed by atoms with Crippen LogP contribution >= 0.6 is 23.6 Å². The summed E-state index contributed by atoms with van der Waals surface area (Å²) in [4.78, 5) is 13.2. The Hall–Kier alpha value is -2.45. The summed E-state index contributed by atoms with van der Waals surface area (Å²) in [5, 5.41) is 12.0. The van der Waals surface area contributed by atoms with Crippen molar-refractivity contribution in [3.63, 3.8) is 0 Å². The first-order chi connectivity index (χ1) is 12.2. The molecule has 2 heterocycles. The quantitative estimate of drug-likeness (QED) is 0.622. The van der Waals surface area contributed by atoms with E-state index in [0.717, 1.165) is 16.2 Å². The predicted molar refractivity (Wildman–Crippen MR) is 100 cm³/mol. The van der Waals surface area contributed by atoms with Gasteiger partial charge in [0.25, 0.3) is 0 Å². The summed E-state index contributed by atoms with van der Waals surface area (Å²) in [6.07, 6.45) is 0.336.